The zero-order valence-corrected chi connectivity index (χ0v) is 29.3. The first-order chi connectivity index (χ1) is 22.4. The summed E-state index contributed by atoms with van der Waals surface area (Å²) in [6.45, 7) is 10.2. The van der Waals surface area contributed by atoms with Crippen LogP contribution in [0.4, 0.5) is 5.69 Å². The third kappa shape index (κ3) is 9.35. The molecule has 3 fully saturated rings. The Morgan fingerprint density at radius 3 is 2.34 bits per heavy atom. The van der Waals surface area contributed by atoms with Crippen molar-refractivity contribution in [3.05, 3.63) is 39.7 Å². The summed E-state index contributed by atoms with van der Waals surface area (Å²) in [4.78, 5) is 49.0. The molecule has 254 valence electrons. The van der Waals surface area contributed by atoms with Crippen molar-refractivity contribution in [2.45, 2.75) is 110 Å². The summed E-state index contributed by atoms with van der Waals surface area (Å²) in [5.41, 5.74) is 0.773. The third-order valence-electron chi connectivity index (χ3n) is 9.68. The SMILES string of the molecule is CN1CCC(NC(=O)c2ccnc(O[C@H]3CC[C@H](N(c4cc(C#CC(C)(C)C)sc4C(=O)O)C(=O)[C@H]4CC[C@H](C)CC4)CC3)c2)CC1. The largest absolute Gasteiger partial charge is 0.477 e. The van der Waals surface area contributed by atoms with E-state index in [1.807, 2.05) is 31.7 Å². The molecule has 2 aliphatic carbocycles. The third-order valence-corrected chi connectivity index (χ3v) is 10.7. The molecule has 0 unspecified atom stereocenters. The number of carboxylic acid groups (broad SMARTS) is 1. The quantitative estimate of drug-likeness (QED) is 0.306. The molecule has 3 heterocycles. The van der Waals surface area contributed by atoms with Gasteiger partial charge in [-0.25, -0.2) is 9.78 Å². The van der Waals surface area contributed by atoms with E-state index in [0.29, 0.717) is 53.6 Å². The Morgan fingerprint density at radius 1 is 1.02 bits per heavy atom. The lowest BCUT2D eigenvalue weighted by Crippen LogP contribution is -2.47. The summed E-state index contributed by atoms with van der Waals surface area (Å²) in [6.07, 6.45) is 9.75. The molecule has 1 saturated heterocycles. The fraction of sp³-hybridized carbons (Fsp3) is 0.622. The molecule has 0 radical (unpaired) electrons. The smallest absolute Gasteiger partial charge is 0.348 e. The van der Waals surface area contributed by atoms with Gasteiger partial charge in [0.2, 0.25) is 11.8 Å². The Kier molecular flexibility index (Phi) is 11.3. The average molecular weight is 663 g/mol. The predicted molar refractivity (Wildman–Crippen MR) is 185 cm³/mol. The molecule has 10 heteroatoms. The molecule has 9 nitrogen and oxygen atoms in total. The maximum absolute atomic E-state index is 14.3. The number of hydrogen-bond acceptors (Lipinski definition) is 7. The number of aromatic carboxylic acids is 1. The number of piperidine rings is 1. The molecule has 0 bridgehead atoms. The predicted octanol–water partition coefficient (Wildman–Crippen LogP) is 6.61. The van der Waals surface area contributed by atoms with Gasteiger partial charge in [-0.2, -0.15) is 0 Å². The maximum Gasteiger partial charge on any atom is 0.348 e. The van der Waals surface area contributed by atoms with Gasteiger partial charge in [-0.05, 0) is 123 Å². The molecule has 0 spiro atoms. The van der Waals surface area contributed by atoms with Gasteiger partial charge >= 0.3 is 5.97 Å². The number of carbonyl (C=O) groups excluding carboxylic acids is 2. The van der Waals surface area contributed by atoms with Crippen molar-refractivity contribution < 1.29 is 24.2 Å². The Morgan fingerprint density at radius 2 is 1.70 bits per heavy atom. The van der Waals surface area contributed by atoms with Crippen LogP contribution >= 0.6 is 11.3 Å². The van der Waals surface area contributed by atoms with E-state index in [9.17, 15) is 19.5 Å². The molecular weight excluding hydrogens is 612 g/mol. The number of aromatic nitrogens is 1. The minimum atomic E-state index is -1.04. The highest BCUT2D eigenvalue weighted by Gasteiger charge is 2.38. The van der Waals surface area contributed by atoms with Crippen LogP contribution in [-0.2, 0) is 4.79 Å². The van der Waals surface area contributed by atoms with Crippen LogP contribution in [0, 0.1) is 29.1 Å². The Bertz CT molecular complexity index is 1480. The summed E-state index contributed by atoms with van der Waals surface area (Å²) in [5, 5.41) is 13.4. The molecule has 5 rings (SSSR count). The lowest BCUT2D eigenvalue weighted by atomic mass is 9.81. The van der Waals surface area contributed by atoms with E-state index in [1.54, 1.807) is 18.3 Å². The molecule has 3 aliphatic rings. The molecule has 0 aromatic carbocycles. The number of pyridine rings is 1. The zero-order valence-electron chi connectivity index (χ0n) is 28.5. The van der Waals surface area contributed by atoms with Gasteiger partial charge in [0.15, 0.2) is 0 Å². The van der Waals surface area contributed by atoms with E-state index in [4.69, 9.17) is 4.74 Å². The molecule has 2 aromatic heterocycles. The standard InChI is InChI=1S/C37H50N4O5S/c1-24-6-8-25(9-7-24)35(43)41(31-23-30(14-18-37(2,3)4)47-33(31)36(44)45)28-10-12-29(13-11-28)46-32-22-26(15-19-38-32)34(42)39-27-16-20-40(5)21-17-27/h15,19,22-25,27-29H,6-13,16-17,20-21H2,1-5H3,(H,39,42)(H,44,45)/t24-,25-,28-,29-. The number of hydrogen-bond donors (Lipinski definition) is 2. The van der Waals surface area contributed by atoms with Crippen molar-refractivity contribution >= 4 is 34.8 Å². The second-order valence-electron chi connectivity index (χ2n) is 14.8. The molecule has 2 saturated carbocycles. The second-order valence-corrected chi connectivity index (χ2v) is 15.8. The Labute approximate surface area is 283 Å². The van der Waals surface area contributed by atoms with Crippen molar-refractivity contribution in [3.63, 3.8) is 0 Å². The van der Waals surface area contributed by atoms with Crippen molar-refractivity contribution in [1.82, 2.24) is 15.2 Å². The van der Waals surface area contributed by atoms with E-state index >= 15 is 0 Å². The maximum atomic E-state index is 14.3. The van der Waals surface area contributed by atoms with E-state index in [1.165, 1.54) is 0 Å². The van der Waals surface area contributed by atoms with Crippen LogP contribution in [0.25, 0.3) is 0 Å². The minimum absolute atomic E-state index is 0.0295. The van der Waals surface area contributed by atoms with E-state index in [0.717, 1.165) is 63.0 Å². The highest BCUT2D eigenvalue weighted by molar-refractivity contribution is 7.15. The second kappa shape index (κ2) is 15.2. The van der Waals surface area contributed by atoms with Crippen LogP contribution in [-0.4, -0.2) is 71.1 Å². The van der Waals surface area contributed by atoms with Crippen LogP contribution in [0.1, 0.15) is 117 Å². The van der Waals surface area contributed by atoms with E-state index < -0.39 is 5.97 Å². The van der Waals surface area contributed by atoms with Gasteiger partial charge in [0.25, 0.3) is 5.91 Å². The summed E-state index contributed by atoms with van der Waals surface area (Å²) in [5.74, 6) is 6.16. The highest BCUT2D eigenvalue weighted by Crippen LogP contribution is 2.39. The molecule has 0 atom stereocenters. The lowest BCUT2D eigenvalue weighted by molar-refractivity contribution is -0.124. The monoisotopic (exact) mass is 662 g/mol. The fourth-order valence-electron chi connectivity index (χ4n) is 6.85. The van der Waals surface area contributed by atoms with Crippen molar-refractivity contribution in [2.24, 2.45) is 17.3 Å². The molecular formula is C37H50N4O5S. The number of anilines is 1. The molecule has 47 heavy (non-hydrogen) atoms. The first-order valence-electron chi connectivity index (χ1n) is 17.2. The first kappa shape index (κ1) is 34.9. The summed E-state index contributed by atoms with van der Waals surface area (Å²) in [7, 11) is 2.10. The number of carbonyl (C=O) groups is 3. The summed E-state index contributed by atoms with van der Waals surface area (Å²) in [6, 6.07) is 5.26. The minimum Gasteiger partial charge on any atom is -0.477 e. The van der Waals surface area contributed by atoms with Crippen LogP contribution in [0.2, 0.25) is 0 Å². The number of amides is 2. The van der Waals surface area contributed by atoms with Gasteiger partial charge in [0, 0.05) is 41.2 Å². The lowest BCUT2D eigenvalue weighted by Gasteiger charge is -2.39. The van der Waals surface area contributed by atoms with Crippen LogP contribution < -0.4 is 15.0 Å². The van der Waals surface area contributed by atoms with Gasteiger partial charge in [-0.1, -0.05) is 18.8 Å². The molecule has 1 aliphatic heterocycles. The van der Waals surface area contributed by atoms with Crippen molar-refractivity contribution in [2.75, 3.05) is 25.0 Å². The van der Waals surface area contributed by atoms with E-state index in [2.05, 4.69) is 41.0 Å². The van der Waals surface area contributed by atoms with Crippen molar-refractivity contribution in [1.29, 1.82) is 0 Å². The zero-order chi connectivity index (χ0) is 33.7. The van der Waals surface area contributed by atoms with Crippen molar-refractivity contribution in [3.8, 4) is 17.7 Å². The number of nitrogens with zero attached hydrogens (tertiary/aromatic N) is 3. The topological polar surface area (TPSA) is 112 Å². The van der Waals surface area contributed by atoms with Gasteiger partial charge < -0.3 is 25.0 Å². The average Bonchev–Trinajstić information content (AvgIpc) is 3.46. The molecule has 2 N–H and O–H groups in total. The summed E-state index contributed by atoms with van der Waals surface area (Å²) >= 11 is 1.15. The number of carboxylic acids is 1. The summed E-state index contributed by atoms with van der Waals surface area (Å²) < 4.78 is 6.29. The normalized spacial score (nSPS) is 24.1. The Hall–Kier alpha value is -3.42. The number of nitrogens with one attached hydrogen (secondary N) is 1. The van der Waals surface area contributed by atoms with Crippen LogP contribution in [0.15, 0.2) is 24.4 Å². The van der Waals surface area contributed by atoms with Gasteiger partial charge in [-0.15, -0.1) is 11.3 Å². The number of thiophene rings is 1. The van der Waals surface area contributed by atoms with Gasteiger partial charge in [0.05, 0.1) is 10.6 Å². The van der Waals surface area contributed by atoms with Crippen LogP contribution in [0.3, 0.4) is 0 Å². The first-order valence-corrected chi connectivity index (χ1v) is 18.0. The van der Waals surface area contributed by atoms with E-state index in [-0.39, 0.29) is 46.2 Å². The Balaban J connectivity index is 1.30. The highest BCUT2D eigenvalue weighted by atomic mass is 32.1. The number of ether oxygens (including phenoxy) is 1. The molecule has 2 aromatic rings. The van der Waals surface area contributed by atoms with Gasteiger partial charge in [0.1, 0.15) is 11.0 Å². The van der Waals surface area contributed by atoms with Gasteiger partial charge in [-0.3, -0.25) is 9.59 Å². The van der Waals surface area contributed by atoms with Crippen LogP contribution in [0.5, 0.6) is 5.88 Å². The molecule has 2 amide bonds. The number of likely N-dealkylation sites (tertiary alicyclic amines) is 1. The number of rotatable bonds is 8. The fourth-order valence-corrected chi connectivity index (χ4v) is 7.69.